The summed E-state index contributed by atoms with van der Waals surface area (Å²) in [5.41, 5.74) is 5.36. The van der Waals surface area contributed by atoms with E-state index < -0.39 is 4.92 Å². The van der Waals surface area contributed by atoms with E-state index in [9.17, 15) is 15.4 Å². The van der Waals surface area contributed by atoms with Crippen LogP contribution in [-0.2, 0) is 0 Å². The summed E-state index contributed by atoms with van der Waals surface area (Å²) in [5.74, 6) is 1.88. The Morgan fingerprint density at radius 3 is 2.21 bits per heavy atom. The Bertz CT molecular complexity index is 1740. The summed E-state index contributed by atoms with van der Waals surface area (Å²) in [5, 5.41) is 21.2. The number of rotatable bonds is 7. The van der Waals surface area contributed by atoms with Gasteiger partial charge in [-0.25, -0.2) is 4.99 Å². The molecule has 0 radical (unpaired) electrons. The molecule has 0 spiro atoms. The van der Waals surface area contributed by atoms with Gasteiger partial charge in [0.05, 0.1) is 29.9 Å². The number of benzene rings is 3. The predicted octanol–water partition coefficient (Wildman–Crippen LogP) is 8.03. The van der Waals surface area contributed by atoms with Crippen molar-refractivity contribution < 1.29 is 18.5 Å². The first kappa shape index (κ1) is 25.2. The summed E-state index contributed by atoms with van der Waals surface area (Å²) in [6.45, 7) is 4.01. The number of aryl methyl sites for hydroxylation is 2. The monoisotopic (exact) mass is 517 g/mol. The number of nitrogens with zero attached hydrogens (tertiary/aromatic N) is 3. The number of nitro groups is 1. The molecule has 0 saturated heterocycles. The van der Waals surface area contributed by atoms with Gasteiger partial charge in [0, 0.05) is 17.2 Å². The molecule has 0 atom stereocenters. The first-order valence-electron chi connectivity index (χ1n) is 12.1. The van der Waals surface area contributed by atoms with Crippen LogP contribution in [0.15, 0.2) is 92.7 Å². The molecule has 0 saturated carbocycles. The van der Waals surface area contributed by atoms with Crippen LogP contribution in [0.4, 0.5) is 11.6 Å². The second-order valence-corrected chi connectivity index (χ2v) is 8.93. The first-order valence-corrected chi connectivity index (χ1v) is 12.1. The van der Waals surface area contributed by atoms with Gasteiger partial charge in [-0.2, -0.15) is 5.26 Å². The smallest absolute Gasteiger partial charge is 0.273 e. The van der Waals surface area contributed by atoms with Crippen molar-refractivity contribution in [3.05, 3.63) is 111 Å². The van der Waals surface area contributed by atoms with Crippen molar-refractivity contribution in [3.8, 4) is 45.6 Å². The number of nitro benzene ring substituents is 1. The zero-order valence-corrected chi connectivity index (χ0v) is 21.5. The molecule has 2 heterocycles. The van der Waals surface area contributed by atoms with Crippen molar-refractivity contribution in [2.75, 3.05) is 7.11 Å². The Morgan fingerprint density at radius 2 is 1.59 bits per heavy atom. The van der Waals surface area contributed by atoms with Crippen LogP contribution in [0.1, 0.15) is 22.5 Å². The lowest BCUT2D eigenvalue weighted by atomic mass is 9.97. The summed E-state index contributed by atoms with van der Waals surface area (Å²) in [6, 6.07) is 25.8. The van der Waals surface area contributed by atoms with Gasteiger partial charge in [0.1, 0.15) is 34.7 Å². The minimum absolute atomic E-state index is 0.0837. The molecular weight excluding hydrogens is 494 g/mol. The van der Waals surface area contributed by atoms with Gasteiger partial charge in [-0.15, -0.1) is 0 Å². The number of ether oxygens (including phenoxy) is 1. The topological polar surface area (TPSA) is 115 Å². The van der Waals surface area contributed by atoms with E-state index in [4.69, 9.17) is 13.6 Å². The Kier molecular flexibility index (Phi) is 6.81. The molecule has 0 aliphatic rings. The lowest BCUT2D eigenvalue weighted by Gasteiger charge is -2.05. The van der Waals surface area contributed by atoms with E-state index in [0.29, 0.717) is 39.7 Å². The number of nitriles is 1. The van der Waals surface area contributed by atoms with Crippen molar-refractivity contribution in [1.29, 1.82) is 5.26 Å². The zero-order chi connectivity index (χ0) is 27.5. The van der Waals surface area contributed by atoms with Crippen LogP contribution < -0.4 is 4.74 Å². The van der Waals surface area contributed by atoms with Crippen molar-refractivity contribution >= 4 is 17.8 Å². The van der Waals surface area contributed by atoms with E-state index in [-0.39, 0.29) is 11.6 Å². The third-order valence-electron chi connectivity index (χ3n) is 6.25. The molecule has 0 bridgehead atoms. The molecule has 3 aromatic carbocycles. The fourth-order valence-electron chi connectivity index (χ4n) is 4.20. The number of non-ortho nitro benzene ring substituents is 1. The third kappa shape index (κ3) is 5.06. The fraction of sp³-hybridized carbons (Fsp3) is 0.0968. The van der Waals surface area contributed by atoms with Crippen LogP contribution in [0.5, 0.6) is 5.75 Å². The maximum atomic E-state index is 11.1. The lowest BCUT2D eigenvalue weighted by Crippen LogP contribution is -1.92. The molecule has 8 heteroatoms. The van der Waals surface area contributed by atoms with E-state index in [1.54, 1.807) is 18.2 Å². The highest BCUT2D eigenvalue weighted by Crippen LogP contribution is 2.43. The number of hydrogen-bond acceptors (Lipinski definition) is 7. The number of aliphatic imine (C=N–C) groups is 1. The van der Waals surface area contributed by atoms with Gasteiger partial charge >= 0.3 is 0 Å². The van der Waals surface area contributed by atoms with Crippen molar-refractivity contribution in [3.63, 3.8) is 0 Å². The van der Waals surface area contributed by atoms with Crippen molar-refractivity contribution in [1.82, 2.24) is 0 Å². The van der Waals surface area contributed by atoms with E-state index in [0.717, 1.165) is 22.3 Å². The number of methoxy groups -OCH3 is 1. The standard InChI is InChI=1S/C31H23N3O5/c1-19-4-8-21(9-5-19)29-26(17-32)31(39-30(29)22-10-6-20(2)7-11-22)33-18-24-13-15-27(38-24)25-14-12-23(34(35)36)16-28(25)37-3/h4-16,18H,1-3H3. The van der Waals surface area contributed by atoms with Gasteiger partial charge in [-0.3, -0.25) is 10.1 Å². The highest BCUT2D eigenvalue weighted by molar-refractivity contribution is 5.89. The maximum absolute atomic E-state index is 11.1. The number of hydrogen-bond donors (Lipinski definition) is 0. The molecule has 0 aliphatic carbocycles. The quantitative estimate of drug-likeness (QED) is 0.123. The Labute approximate surface area is 224 Å². The Hall–Kier alpha value is -5.42. The van der Waals surface area contributed by atoms with Crippen molar-refractivity contribution in [2.24, 2.45) is 4.99 Å². The van der Waals surface area contributed by atoms with E-state index in [1.807, 2.05) is 62.4 Å². The van der Waals surface area contributed by atoms with Crippen LogP contribution in [0.3, 0.4) is 0 Å². The van der Waals surface area contributed by atoms with Gasteiger partial charge in [0.25, 0.3) is 5.69 Å². The van der Waals surface area contributed by atoms with E-state index in [2.05, 4.69) is 11.1 Å². The third-order valence-corrected chi connectivity index (χ3v) is 6.25. The van der Waals surface area contributed by atoms with Crippen LogP contribution in [0, 0.1) is 35.3 Å². The maximum Gasteiger partial charge on any atom is 0.273 e. The molecule has 192 valence electrons. The summed E-state index contributed by atoms with van der Waals surface area (Å²) >= 11 is 0. The molecule has 0 N–H and O–H groups in total. The Morgan fingerprint density at radius 1 is 0.923 bits per heavy atom. The minimum Gasteiger partial charge on any atom is -0.496 e. The summed E-state index contributed by atoms with van der Waals surface area (Å²) in [7, 11) is 1.44. The van der Waals surface area contributed by atoms with E-state index >= 15 is 0 Å². The molecule has 0 unspecified atom stereocenters. The second-order valence-electron chi connectivity index (χ2n) is 8.93. The normalized spacial score (nSPS) is 11.0. The summed E-state index contributed by atoms with van der Waals surface area (Å²) < 4.78 is 17.4. The largest absolute Gasteiger partial charge is 0.496 e. The molecular formula is C31H23N3O5. The van der Waals surface area contributed by atoms with Gasteiger partial charge in [-0.05, 0) is 37.6 Å². The van der Waals surface area contributed by atoms with Crippen molar-refractivity contribution in [2.45, 2.75) is 13.8 Å². The van der Waals surface area contributed by atoms with Crippen LogP contribution in [-0.4, -0.2) is 18.2 Å². The summed E-state index contributed by atoms with van der Waals surface area (Å²) in [4.78, 5) is 15.1. The fourth-order valence-corrected chi connectivity index (χ4v) is 4.20. The first-order chi connectivity index (χ1) is 18.9. The molecule has 5 aromatic rings. The molecule has 39 heavy (non-hydrogen) atoms. The van der Waals surface area contributed by atoms with Gasteiger partial charge in [0.15, 0.2) is 0 Å². The van der Waals surface area contributed by atoms with E-state index in [1.165, 1.54) is 25.5 Å². The molecule has 0 fully saturated rings. The second kappa shape index (κ2) is 10.5. The van der Waals surface area contributed by atoms with Crippen LogP contribution >= 0.6 is 0 Å². The van der Waals surface area contributed by atoms with Crippen LogP contribution in [0.25, 0.3) is 33.8 Å². The van der Waals surface area contributed by atoms with Gasteiger partial charge in [0.2, 0.25) is 5.88 Å². The highest BCUT2D eigenvalue weighted by atomic mass is 16.6. The SMILES string of the molecule is COc1cc([N+](=O)[O-])ccc1-c1ccc(C=Nc2oc(-c3ccc(C)cc3)c(-c3ccc(C)cc3)c2C#N)o1. The molecule has 0 amide bonds. The lowest BCUT2D eigenvalue weighted by molar-refractivity contribution is -0.384. The zero-order valence-electron chi connectivity index (χ0n) is 21.5. The Balaban J connectivity index is 1.54. The summed E-state index contributed by atoms with van der Waals surface area (Å²) in [6.07, 6.45) is 1.47. The average molecular weight is 518 g/mol. The average Bonchev–Trinajstić information content (AvgIpc) is 3.57. The molecule has 2 aromatic heterocycles. The predicted molar refractivity (Wildman–Crippen MR) is 148 cm³/mol. The molecule has 5 rings (SSSR count). The van der Waals surface area contributed by atoms with Crippen LogP contribution in [0.2, 0.25) is 0 Å². The van der Waals surface area contributed by atoms with Gasteiger partial charge < -0.3 is 13.6 Å². The highest BCUT2D eigenvalue weighted by Gasteiger charge is 2.23. The molecule has 8 nitrogen and oxygen atoms in total. The minimum atomic E-state index is -0.488. The number of furan rings is 2. The van der Waals surface area contributed by atoms with Gasteiger partial charge in [-0.1, -0.05) is 59.7 Å². The molecule has 0 aliphatic heterocycles.